The van der Waals surface area contributed by atoms with Gasteiger partial charge in [-0.25, -0.2) is 4.79 Å². The molecule has 2 aromatic rings. The van der Waals surface area contributed by atoms with Crippen LogP contribution in [0.2, 0.25) is 0 Å². The third-order valence-corrected chi connectivity index (χ3v) is 7.33. The predicted molar refractivity (Wildman–Crippen MR) is 160 cm³/mol. The van der Waals surface area contributed by atoms with Gasteiger partial charge in [-0.3, -0.25) is 9.97 Å². The van der Waals surface area contributed by atoms with Crippen molar-refractivity contribution < 1.29 is 14.3 Å². The van der Waals surface area contributed by atoms with Crippen LogP contribution < -0.4 is 9.80 Å². The van der Waals surface area contributed by atoms with E-state index in [2.05, 4.69) is 49.8 Å². The van der Waals surface area contributed by atoms with Crippen molar-refractivity contribution in [3.8, 4) is 11.3 Å². The van der Waals surface area contributed by atoms with Crippen molar-refractivity contribution in [2.45, 2.75) is 106 Å². The molecular formula is C32H50N4O3. The summed E-state index contributed by atoms with van der Waals surface area (Å²) in [6, 6.07) is 4.19. The Bertz CT molecular complexity index is 1100. The monoisotopic (exact) mass is 538 g/mol. The highest BCUT2D eigenvalue weighted by Crippen LogP contribution is 2.43. The molecule has 3 heterocycles. The summed E-state index contributed by atoms with van der Waals surface area (Å²) in [7, 11) is 2.10. The number of nitrogens with zero attached hydrogens (tertiary/aromatic N) is 4. The van der Waals surface area contributed by atoms with E-state index in [9.17, 15) is 4.79 Å². The van der Waals surface area contributed by atoms with Gasteiger partial charge in [-0.05, 0) is 78.4 Å². The largest absolute Gasteiger partial charge is 0.461 e. The fraction of sp³-hybridized carbons (Fsp3) is 0.656. The number of aromatic nitrogens is 2. The number of aryl methyl sites for hydroxylation is 1. The van der Waals surface area contributed by atoms with Gasteiger partial charge < -0.3 is 19.3 Å². The number of esters is 1. The summed E-state index contributed by atoms with van der Waals surface area (Å²) in [6.45, 7) is 21.2. The van der Waals surface area contributed by atoms with Crippen LogP contribution in [-0.2, 0) is 14.3 Å². The Labute approximate surface area is 236 Å². The molecule has 1 aliphatic rings. The first kappa shape index (κ1) is 30.9. The minimum atomic E-state index is -0.899. The standard InChI is InChI=1S/C32H50N4O3/c1-11-12-17-35(10)24-13-14-26(34-20-24)25-21-33-23(4)27(28(25)36-18-15-32(8,9)16-19-36)29(39-31(5,6)7)30(37)38-22(2)3/h13-14,20-22,29H,11-12,15-19H2,1-10H3/t29-/m0/s1. The minimum Gasteiger partial charge on any atom is -0.461 e. The van der Waals surface area contributed by atoms with E-state index in [-0.39, 0.29) is 17.5 Å². The number of carbonyl (C=O) groups is 1. The second-order valence-electron chi connectivity index (χ2n) is 12.9. The molecule has 0 aliphatic carbocycles. The van der Waals surface area contributed by atoms with Gasteiger partial charge in [0.1, 0.15) is 0 Å². The van der Waals surface area contributed by atoms with Crippen LogP contribution in [0.4, 0.5) is 11.4 Å². The van der Waals surface area contributed by atoms with E-state index in [1.807, 2.05) is 53.9 Å². The molecular weight excluding hydrogens is 488 g/mol. The average molecular weight is 539 g/mol. The molecule has 0 amide bonds. The number of rotatable bonds is 10. The smallest absolute Gasteiger partial charge is 0.340 e. The van der Waals surface area contributed by atoms with Gasteiger partial charge in [0.2, 0.25) is 0 Å². The number of unbranched alkanes of at least 4 members (excludes halogenated alkanes) is 1. The Hall–Kier alpha value is -2.67. The summed E-state index contributed by atoms with van der Waals surface area (Å²) in [5.41, 5.74) is 5.08. The van der Waals surface area contributed by atoms with Crippen molar-refractivity contribution in [1.29, 1.82) is 0 Å². The Balaban J connectivity index is 2.17. The molecule has 0 saturated carbocycles. The molecule has 0 N–H and O–H groups in total. The molecule has 216 valence electrons. The molecule has 7 heteroatoms. The van der Waals surface area contributed by atoms with Gasteiger partial charge in [0.25, 0.3) is 0 Å². The summed E-state index contributed by atoms with van der Waals surface area (Å²) in [4.78, 5) is 27.9. The highest BCUT2D eigenvalue weighted by molar-refractivity contribution is 5.86. The van der Waals surface area contributed by atoms with E-state index in [0.29, 0.717) is 0 Å². The van der Waals surface area contributed by atoms with E-state index in [4.69, 9.17) is 19.4 Å². The number of ether oxygens (including phenoxy) is 2. The Morgan fingerprint density at radius 3 is 2.33 bits per heavy atom. The number of pyridine rings is 2. The van der Waals surface area contributed by atoms with Crippen LogP contribution in [-0.4, -0.2) is 54.3 Å². The third kappa shape index (κ3) is 8.17. The van der Waals surface area contributed by atoms with Crippen LogP contribution >= 0.6 is 0 Å². The van der Waals surface area contributed by atoms with E-state index >= 15 is 0 Å². The maximum atomic E-state index is 13.6. The van der Waals surface area contributed by atoms with Crippen LogP contribution in [0.1, 0.15) is 98.4 Å². The lowest BCUT2D eigenvalue weighted by molar-refractivity contribution is -0.171. The lowest BCUT2D eigenvalue weighted by Crippen LogP contribution is -2.39. The first-order valence-corrected chi connectivity index (χ1v) is 14.5. The van der Waals surface area contributed by atoms with E-state index in [1.54, 1.807) is 0 Å². The van der Waals surface area contributed by atoms with Crippen molar-refractivity contribution in [1.82, 2.24) is 9.97 Å². The zero-order chi connectivity index (χ0) is 29.0. The summed E-state index contributed by atoms with van der Waals surface area (Å²) in [5, 5.41) is 0. The molecule has 0 spiro atoms. The summed E-state index contributed by atoms with van der Waals surface area (Å²) in [5.74, 6) is -0.388. The summed E-state index contributed by atoms with van der Waals surface area (Å²) in [6.07, 6.45) is 7.10. The normalized spacial score (nSPS) is 16.3. The van der Waals surface area contributed by atoms with E-state index in [1.165, 1.54) is 0 Å². The van der Waals surface area contributed by atoms with Gasteiger partial charge in [0.05, 0.1) is 35.0 Å². The number of piperidine rings is 1. The SMILES string of the molecule is CCCCN(C)c1ccc(-c2cnc(C)c([C@H](OC(C)(C)C)C(=O)OC(C)C)c2N2CCC(C)(C)CC2)nc1. The predicted octanol–water partition coefficient (Wildman–Crippen LogP) is 7.12. The second-order valence-corrected chi connectivity index (χ2v) is 12.9. The fourth-order valence-corrected chi connectivity index (χ4v) is 4.95. The maximum Gasteiger partial charge on any atom is 0.340 e. The quantitative estimate of drug-likeness (QED) is 0.298. The number of hydrogen-bond acceptors (Lipinski definition) is 7. The van der Waals surface area contributed by atoms with Crippen molar-refractivity contribution in [2.24, 2.45) is 5.41 Å². The molecule has 39 heavy (non-hydrogen) atoms. The average Bonchev–Trinajstić information content (AvgIpc) is 2.85. The molecule has 1 saturated heterocycles. The highest BCUT2D eigenvalue weighted by atomic mass is 16.6. The van der Waals surface area contributed by atoms with Gasteiger partial charge >= 0.3 is 5.97 Å². The van der Waals surface area contributed by atoms with Gasteiger partial charge in [0.15, 0.2) is 6.10 Å². The lowest BCUT2D eigenvalue weighted by atomic mass is 9.82. The van der Waals surface area contributed by atoms with Crippen LogP contribution in [0.3, 0.4) is 0 Å². The van der Waals surface area contributed by atoms with Gasteiger partial charge in [-0.1, -0.05) is 27.2 Å². The fourth-order valence-electron chi connectivity index (χ4n) is 4.95. The minimum absolute atomic E-state index is 0.252. The van der Waals surface area contributed by atoms with Crippen LogP contribution in [0.5, 0.6) is 0 Å². The Kier molecular flexibility index (Phi) is 10.0. The zero-order valence-corrected chi connectivity index (χ0v) is 25.9. The number of carbonyl (C=O) groups excluding carboxylic acids is 1. The topological polar surface area (TPSA) is 67.8 Å². The Morgan fingerprint density at radius 1 is 1.13 bits per heavy atom. The van der Waals surface area contributed by atoms with E-state index in [0.717, 1.165) is 79.2 Å². The maximum absolute atomic E-state index is 13.6. The second kappa shape index (κ2) is 12.7. The molecule has 0 bridgehead atoms. The molecule has 1 aliphatic heterocycles. The van der Waals surface area contributed by atoms with Crippen LogP contribution in [0, 0.1) is 12.3 Å². The highest BCUT2D eigenvalue weighted by Gasteiger charge is 2.37. The van der Waals surface area contributed by atoms with Crippen molar-refractivity contribution in [3.05, 3.63) is 35.8 Å². The molecule has 0 unspecified atom stereocenters. The molecule has 0 radical (unpaired) electrons. The number of hydrogen-bond donors (Lipinski definition) is 0. The first-order valence-electron chi connectivity index (χ1n) is 14.5. The summed E-state index contributed by atoms with van der Waals surface area (Å²) >= 11 is 0. The van der Waals surface area contributed by atoms with Gasteiger partial charge in [-0.2, -0.15) is 0 Å². The third-order valence-electron chi connectivity index (χ3n) is 7.33. The van der Waals surface area contributed by atoms with Crippen LogP contribution in [0.15, 0.2) is 24.5 Å². The molecule has 0 aromatic carbocycles. The first-order chi connectivity index (χ1) is 18.2. The van der Waals surface area contributed by atoms with Gasteiger partial charge in [0, 0.05) is 49.7 Å². The molecule has 1 fully saturated rings. The van der Waals surface area contributed by atoms with Crippen molar-refractivity contribution in [2.75, 3.05) is 36.5 Å². The molecule has 3 rings (SSSR count). The van der Waals surface area contributed by atoms with Gasteiger partial charge in [-0.15, -0.1) is 0 Å². The van der Waals surface area contributed by atoms with Crippen molar-refractivity contribution >= 4 is 17.3 Å². The Morgan fingerprint density at radius 2 is 1.79 bits per heavy atom. The molecule has 2 aromatic heterocycles. The lowest BCUT2D eigenvalue weighted by Gasteiger charge is -2.41. The summed E-state index contributed by atoms with van der Waals surface area (Å²) < 4.78 is 12.2. The molecule has 1 atom stereocenters. The van der Waals surface area contributed by atoms with Crippen molar-refractivity contribution in [3.63, 3.8) is 0 Å². The van der Waals surface area contributed by atoms with E-state index < -0.39 is 11.7 Å². The number of anilines is 2. The zero-order valence-electron chi connectivity index (χ0n) is 25.9. The molecule has 7 nitrogen and oxygen atoms in total. The van der Waals surface area contributed by atoms with Crippen LogP contribution in [0.25, 0.3) is 11.3 Å².